The molecule has 9 nitrogen and oxygen atoms in total. The lowest BCUT2D eigenvalue weighted by molar-refractivity contribution is -0.135. The van der Waals surface area contributed by atoms with E-state index in [1.165, 1.54) is 4.63 Å². The summed E-state index contributed by atoms with van der Waals surface area (Å²) in [5.41, 5.74) is 2.80. The molecule has 2 aromatic heterocycles. The number of carbonyl (C=O) groups excluding carboxylic acids is 1. The number of fused-ring (bicyclic) bond motifs is 1. The summed E-state index contributed by atoms with van der Waals surface area (Å²) in [6.07, 6.45) is 1.59. The van der Waals surface area contributed by atoms with Crippen molar-refractivity contribution in [1.29, 1.82) is 0 Å². The number of piperidine rings is 1. The number of aryl methyl sites for hydroxylation is 1. The smallest absolute Gasteiger partial charge is 0.225 e. The Balaban J connectivity index is 1.37. The van der Waals surface area contributed by atoms with Crippen molar-refractivity contribution in [2.75, 3.05) is 32.1 Å². The lowest BCUT2D eigenvalue weighted by Crippen LogP contribution is -2.41. The van der Waals surface area contributed by atoms with Gasteiger partial charge in [0.1, 0.15) is 5.75 Å². The Morgan fingerprint density at radius 1 is 1.24 bits per heavy atom. The number of hydrogen-bond acceptors (Lipinski definition) is 7. The normalized spacial score (nSPS) is 14.9. The number of rotatable bonds is 5. The van der Waals surface area contributed by atoms with Crippen molar-refractivity contribution in [3.63, 3.8) is 0 Å². The first kappa shape index (κ1) is 19.1. The summed E-state index contributed by atoms with van der Waals surface area (Å²) in [6, 6.07) is 9.81. The average Bonchev–Trinajstić information content (AvgIpc) is 3.21. The number of carbonyl (C=O) groups is 1. The van der Waals surface area contributed by atoms with E-state index in [2.05, 4.69) is 31.6 Å². The molecule has 1 aliphatic heterocycles. The zero-order valence-corrected chi connectivity index (χ0v) is 16.9. The van der Waals surface area contributed by atoms with E-state index in [-0.39, 0.29) is 11.8 Å². The van der Waals surface area contributed by atoms with E-state index in [0.717, 1.165) is 48.6 Å². The molecule has 1 fully saturated rings. The number of anilines is 1. The zero-order chi connectivity index (χ0) is 20.4. The van der Waals surface area contributed by atoms with Crippen LogP contribution >= 0.6 is 0 Å². The van der Waals surface area contributed by atoms with Crippen molar-refractivity contribution < 1.29 is 9.53 Å². The van der Waals surface area contributed by atoms with E-state index in [9.17, 15) is 4.79 Å². The summed E-state index contributed by atoms with van der Waals surface area (Å²) < 4.78 is 6.87. The Hall–Kier alpha value is -3.23. The summed E-state index contributed by atoms with van der Waals surface area (Å²) in [6.45, 7) is 4.14. The number of nitrogens with zero attached hydrogens (tertiary/aromatic N) is 7. The van der Waals surface area contributed by atoms with E-state index in [1.54, 1.807) is 7.11 Å². The molecule has 0 radical (unpaired) electrons. The third-order valence-corrected chi connectivity index (χ3v) is 5.44. The van der Waals surface area contributed by atoms with Crippen LogP contribution < -0.4 is 9.64 Å². The number of benzene rings is 1. The number of methoxy groups -OCH3 is 1. The van der Waals surface area contributed by atoms with E-state index in [1.807, 2.05) is 43.1 Å². The Kier molecular flexibility index (Phi) is 5.28. The molecule has 9 heteroatoms. The van der Waals surface area contributed by atoms with Gasteiger partial charge in [-0.15, -0.1) is 14.8 Å². The standard InChI is InChI=1S/C20H25N7O2/c1-14-4-5-17(29-3)16(12-14)13-25(2)20(28)15-8-10-26(11-9-15)19-7-6-18-21-23-24-27(18)22-19/h4-7,12,15H,8-11,13H2,1-3H3. The second-order valence-corrected chi connectivity index (χ2v) is 7.49. The highest BCUT2D eigenvalue weighted by Gasteiger charge is 2.28. The van der Waals surface area contributed by atoms with E-state index in [0.29, 0.717) is 12.2 Å². The third-order valence-electron chi connectivity index (χ3n) is 5.44. The van der Waals surface area contributed by atoms with Gasteiger partial charge >= 0.3 is 0 Å². The molecule has 0 aliphatic carbocycles. The van der Waals surface area contributed by atoms with Gasteiger partial charge in [0.05, 0.1) is 7.11 Å². The number of aromatic nitrogens is 5. The van der Waals surface area contributed by atoms with Gasteiger partial charge < -0.3 is 14.5 Å². The second-order valence-electron chi connectivity index (χ2n) is 7.49. The average molecular weight is 395 g/mol. The maximum atomic E-state index is 13.0. The Morgan fingerprint density at radius 2 is 2.03 bits per heavy atom. The zero-order valence-electron chi connectivity index (χ0n) is 16.9. The summed E-state index contributed by atoms with van der Waals surface area (Å²) in [5.74, 6) is 1.84. The summed E-state index contributed by atoms with van der Waals surface area (Å²) in [5, 5.41) is 15.8. The largest absolute Gasteiger partial charge is 0.496 e. The highest BCUT2D eigenvalue weighted by molar-refractivity contribution is 5.79. The van der Waals surface area contributed by atoms with Crippen LogP contribution in [0.4, 0.5) is 5.82 Å². The first-order valence-electron chi connectivity index (χ1n) is 9.74. The monoisotopic (exact) mass is 395 g/mol. The SMILES string of the molecule is COc1ccc(C)cc1CN(C)C(=O)C1CCN(c2ccc3nnnn3n2)CC1. The molecule has 1 aliphatic rings. The van der Waals surface area contributed by atoms with Gasteiger partial charge in [0, 0.05) is 38.2 Å². The van der Waals surface area contributed by atoms with Gasteiger partial charge in [-0.2, -0.15) is 0 Å². The number of ether oxygens (including phenoxy) is 1. The molecule has 0 spiro atoms. The fraction of sp³-hybridized carbons (Fsp3) is 0.450. The molecule has 0 atom stereocenters. The summed E-state index contributed by atoms with van der Waals surface area (Å²) in [4.78, 5) is 17.0. The predicted molar refractivity (Wildman–Crippen MR) is 108 cm³/mol. The van der Waals surface area contributed by atoms with E-state index in [4.69, 9.17) is 4.74 Å². The fourth-order valence-corrected chi connectivity index (χ4v) is 3.84. The van der Waals surface area contributed by atoms with Crippen LogP contribution in [-0.2, 0) is 11.3 Å². The van der Waals surface area contributed by atoms with Crippen LogP contribution in [-0.4, -0.2) is 63.3 Å². The molecular formula is C20H25N7O2. The maximum absolute atomic E-state index is 13.0. The van der Waals surface area contributed by atoms with Gasteiger partial charge in [-0.05, 0) is 48.4 Å². The molecule has 1 saturated heterocycles. The highest BCUT2D eigenvalue weighted by atomic mass is 16.5. The molecule has 0 saturated carbocycles. The van der Waals surface area contributed by atoms with Crippen LogP contribution in [0.2, 0.25) is 0 Å². The number of tetrazole rings is 1. The molecule has 152 valence electrons. The van der Waals surface area contributed by atoms with Gasteiger partial charge in [0.2, 0.25) is 5.91 Å². The Labute approximate surface area is 169 Å². The van der Waals surface area contributed by atoms with Crippen molar-refractivity contribution >= 4 is 17.4 Å². The van der Waals surface area contributed by atoms with Crippen molar-refractivity contribution in [1.82, 2.24) is 30.2 Å². The van der Waals surface area contributed by atoms with Crippen LogP contribution in [0.25, 0.3) is 5.65 Å². The minimum absolute atomic E-state index is 0.0174. The van der Waals surface area contributed by atoms with Gasteiger partial charge in [0.15, 0.2) is 11.5 Å². The first-order valence-corrected chi connectivity index (χ1v) is 9.74. The molecule has 1 amide bonds. The molecule has 4 rings (SSSR count). The van der Waals surface area contributed by atoms with Crippen molar-refractivity contribution in [2.45, 2.75) is 26.3 Å². The minimum Gasteiger partial charge on any atom is -0.496 e. The number of hydrogen-bond donors (Lipinski definition) is 0. The van der Waals surface area contributed by atoms with Crippen molar-refractivity contribution in [3.8, 4) is 5.75 Å². The minimum atomic E-state index is 0.0174. The lowest BCUT2D eigenvalue weighted by Gasteiger charge is -2.33. The lowest BCUT2D eigenvalue weighted by atomic mass is 9.95. The van der Waals surface area contributed by atoms with Gasteiger partial charge in [-0.25, -0.2) is 0 Å². The summed E-state index contributed by atoms with van der Waals surface area (Å²) >= 11 is 0. The first-order chi connectivity index (χ1) is 14.0. The predicted octanol–water partition coefficient (Wildman–Crippen LogP) is 1.71. The Morgan fingerprint density at radius 3 is 2.79 bits per heavy atom. The maximum Gasteiger partial charge on any atom is 0.225 e. The summed E-state index contributed by atoms with van der Waals surface area (Å²) in [7, 11) is 3.52. The quantitative estimate of drug-likeness (QED) is 0.650. The molecule has 0 unspecified atom stereocenters. The van der Waals surface area contributed by atoms with Crippen LogP contribution in [0.1, 0.15) is 24.0 Å². The van der Waals surface area contributed by atoms with Gasteiger partial charge in [-0.3, -0.25) is 4.79 Å². The van der Waals surface area contributed by atoms with Crippen LogP contribution in [0.3, 0.4) is 0 Å². The van der Waals surface area contributed by atoms with Crippen LogP contribution in [0.5, 0.6) is 5.75 Å². The van der Waals surface area contributed by atoms with Crippen LogP contribution in [0.15, 0.2) is 30.3 Å². The van der Waals surface area contributed by atoms with Gasteiger partial charge in [0.25, 0.3) is 0 Å². The van der Waals surface area contributed by atoms with E-state index < -0.39 is 0 Å². The van der Waals surface area contributed by atoms with E-state index >= 15 is 0 Å². The molecule has 3 aromatic rings. The van der Waals surface area contributed by atoms with Crippen molar-refractivity contribution in [3.05, 3.63) is 41.5 Å². The molecule has 0 bridgehead atoms. The molecule has 29 heavy (non-hydrogen) atoms. The fourth-order valence-electron chi connectivity index (χ4n) is 3.84. The second kappa shape index (κ2) is 8.02. The molecule has 0 N–H and O–H groups in total. The topological polar surface area (TPSA) is 88.8 Å². The third kappa shape index (κ3) is 3.98. The highest BCUT2D eigenvalue weighted by Crippen LogP contribution is 2.25. The molecule has 3 heterocycles. The molecule has 1 aromatic carbocycles. The number of amides is 1. The van der Waals surface area contributed by atoms with Gasteiger partial charge in [-0.1, -0.05) is 17.7 Å². The van der Waals surface area contributed by atoms with Crippen LogP contribution in [0, 0.1) is 12.8 Å². The van der Waals surface area contributed by atoms with Crippen molar-refractivity contribution in [2.24, 2.45) is 5.92 Å². The Bertz CT molecular complexity index is 1010. The molecular weight excluding hydrogens is 370 g/mol.